The van der Waals surface area contributed by atoms with Crippen molar-refractivity contribution in [2.24, 2.45) is 11.8 Å². The highest BCUT2D eigenvalue weighted by Gasteiger charge is 2.23. The monoisotopic (exact) mass is 337 g/mol. The van der Waals surface area contributed by atoms with Crippen LogP contribution in [0.1, 0.15) is 25.7 Å². The van der Waals surface area contributed by atoms with Crippen LogP contribution >= 0.6 is 11.6 Å². The summed E-state index contributed by atoms with van der Waals surface area (Å²) < 4.78 is 18.1. The Kier molecular flexibility index (Phi) is 6.73. The Morgan fingerprint density at radius 1 is 1.30 bits per heavy atom. The highest BCUT2D eigenvalue weighted by molar-refractivity contribution is 6.19. The SMILES string of the molecule is CN(CC1CCC(C#CCCl)CC1)C(=O)Oc1ccc(F)cc1. The number of benzene rings is 1. The van der Waals surface area contributed by atoms with Crippen molar-refractivity contribution in [1.29, 1.82) is 0 Å². The molecule has 2 rings (SSSR count). The number of hydrogen-bond acceptors (Lipinski definition) is 2. The Bertz CT molecular complexity index is 571. The molecule has 0 atom stereocenters. The van der Waals surface area contributed by atoms with Crippen LogP contribution in [0.3, 0.4) is 0 Å². The summed E-state index contributed by atoms with van der Waals surface area (Å²) in [7, 11) is 1.73. The molecule has 0 bridgehead atoms. The molecular formula is C18H21ClFNO2. The highest BCUT2D eigenvalue weighted by Crippen LogP contribution is 2.29. The largest absolute Gasteiger partial charge is 0.414 e. The highest BCUT2D eigenvalue weighted by atomic mass is 35.5. The normalized spacial score (nSPS) is 20.3. The van der Waals surface area contributed by atoms with Crippen LogP contribution in [0.15, 0.2) is 24.3 Å². The molecule has 1 aliphatic rings. The minimum atomic E-state index is -0.416. The Morgan fingerprint density at radius 2 is 1.96 bits per heavy atom. The molecule has 1 amide bonds. The van der Waals surface area contributed by atoms with E-state index in [1.807, 2.05) is 0 Å². The van der Waals surface area contributed by atoms with E-state index < -0.39 is 6.09 Å². The van der Waals surface area contributed by atoms with Crippen LogP contribution in [0, 0.1) is 29.5 Å². The third-order valence-corrected chi connectivity index (χ3v) is 4.22. The molecule has 0 radical (unpaired) electrons. The number of amides is 1. The molecule has 3 nitrogen and oxygen atoms in total. The second-order valence-electron chi connectivity index (χ2n) is 5.87. The Hall–Kier alpha value is -1.73. The van der Waals surface area contributed by atoms with Crippen molar-refractivity contribution in [2.45, 2.75) is 25.7 Å². The summed E-state index contributed by atoms with van der Waals surface area (Å²) in [6, 6.07) is 5.43. The molecule has 0 heterocycles. The molecule has 0 aliphatic heterocycles. The molecule has 1 aromatic carbocycles. The lowest BCUT2D eigenvalue weighted by molar-refractivity contribution is 0.148. The Balaban J connectivity index is 1.77. The van der Waals surface area contributed by atoms with Crippen molar-refractivity contribution in [2.75, 3.05) is 19.5 Å². The molecule has 124 valence electrons. The van der Waals surface area contributed by atoms with Gasteiger partial charge in [0.1, 0.15) is 11.6 Å². The molecule has 1 fully saturated rings. The maximum absolute atomic E-state index is 12.8. The van der Waals surface area contributed by atoms with E-state index in [0.717, 1.165) is 25.7 Å². The second kappa shape index (κ2) is 8.79. The van der Waals surface area contributed by atoms with Crippen molar-refractivity contribution in [3.8, 4) is 17.6 Å². The number of hydrogen-bond donors (Lipinski definition) is 0. The standard InChI is InChI=1S/C18H21ClFNO2/c1-21(18(22)23-17-10-8-16(20)9-11-17)13-15-6-4-14(5-7-15)3-2-12-19/h8-11,14-15H,4-7,12-13H2,1H3. The van der Waals surface area contributed by atoms with Crippen molar-refractivity contribution in [3.05, 3.63) is 30.1 Å². The van der Waals surface area contributed by atoms with Crippen LogP contribution in [0.4, 0.5) is 9.18 Å². The molecule has 1 aromatic rings. The first-order chi connectivity index (χ1) is 11.1. The molecule has 0 N–H and O–H groups in total. The van der Waals surface area contributed by atoms with Crippen molar-refractivity contribution in [3.63, 3.8) is 0 Å². The van der Waals surface area contributed by atoms with Crippen molar-refractivity contribution >= 4 is 17.7 Å². The molecule has 0 spiro atoms. The molecule has 1 saturated carbocycles. The van der Waals surface area contributed by atoms with E-state index in [1.54, 1.807) is 11.9 Å². The van der Waals surface area contributed by atoms with Crippen LogP contribution in [0.25, 0.3) is 0 Å². The molecule has 0 saturated heterocycles. The van der Waals surface area contributed by atoms with Gasteiger partial charge in [0.25, 0.3) is 0 Å². The van der Waals surface area contributed by atoms with Gasteiger partial charge in [-0.25, -0.2) is 9.18 Å². The molecule has 0 unspecified atom stereocenters. The zero-order valence-electron chi connectivity index (χ0n) is 13.2. The third kappa shape index (κ3) is 5.76. The Morgan fingerprint density at radius 3 is 2.57 bits per heavy atom. The summed E-state index contributed by atoms with van der Waals surface area (Å²) in [4.78, 5) is 13.6. The summed E-state index contributed by atoms with van der Waals surface area (Å²) in [5.74, 6) is 7.40. The minimum absolute atomic E-state index is 0.350. The van der Waals surface area contributed by atoms with E-state index in [2.05, 4.69) is 11.8 Å². The zero-order chi connectivity index (χ0) is 16.7. The lowest BCUT2D eigenvalue weighted by Gasteiger charge is -2.29. The lowest BCUT2D eigenvalue weighted by atomic mass is 9.82. The third-order valence-electron chi connectivity index (χ3n) is 4.08. The average Bonchev–Trinajstić information content (AvgIpc) is 2.56. The van der Waals surface area contributed by atoms with Crippen molar-refractivity contribution in [1.82, 2.24) is 4.90 Å². The van der Waals surface area contributed by atoms with E-state index >= 15 is 0 Å². The van der Waals surface area contributed by atoms with Gasteiger partial charge in [0.05, 0.1) is 5.88 Å². The fourth-order valence-corrected chi connectivity index (χ4v) is 2.89. The predicted molar refractivity (Wildman–Crippen MR) is 89.0 cm³/mol. The van der Waals surface area contributed by atoms with Crippen LogP contribution in [0.5, 0.6) is 5.75 Å². The second-order valence-corrected chi connectivity index (χ2v) is 6.14. The first-order valence-corrected chi connectivity index (χ1v) is 8.35. The molecule has 5 heteroatoms. The first-order valence-electron chi connectivity index (χ1n) is 7.81. The zero-order valence-corrected chi connectivity index (χ0v) is 14.0. The van der Waals surface area contributed by atoms with Gasteiger partial charge < -0.3 is 9.64 Å². The Labute approximate surface area is 141 Å². The summed E-state index contributed by atoms with van der Waals surface area (Å²) in [6.45, 7) is 0.662. The van der Waals surface area contributed by atoms with Gasteiger partial charge in [-0.15, -0.1) is 11.6 Å². The number of carbonyl (C=O) groups excluding carboxylic acids is 1. The van der Waals surface area contributed by atoms with Crippen LogP contribution in [0.2, 0.25) is 0 Å². The number of carbonyl (C=O) groups is 1. The maximum Gasteiger partial charge on any atom is 0.414 e. The maximum atomic E-state index is 12.8. The summed E-state index contributed by atoms with van der Waals surface area (Å²) in [5.41, 5.74) is 0. The number of alkyl halides is 1. The summed E-state index contributed by atoms with van der Waals surface area (Å²) >= 11 is 5.58. The van der Waals surface area contributed by atoms with Gasteiger partial charge in [-0.2, -0.15) is 0 Å². The van der Waals surface area contributed by atoms with E-state index in [4.69, 9.17) is 16.3 Å². The topological polar surface area (TPSA) is 29.5 Å². The van der Waals surface area contributed by atoms with Gasteiger partial charge in [0.2, 0.25) is 0 Å². The van der Waals surface area contributed by atoms with Crippen LogP contribution in [-0.2, 0) is 0 Å². The molecular weight excluding hydrogens is 317 g/mol. The number of ether oxygens (including phenoxy) is 1. The van der Waals surface area contributed by atoms with E-state index in [9.17, 15) is 9.18 Å². The minimum Gasteiger partial charge on any atom is -0.410 e. The van der Waals surface area contributed by atoms with Crippen LogP contribution in [-0.4, -0.2) is 30.5 Å². The smallest absolute Gasteiger partial charge is 0.410 e. The van der Waals surface area contributed by atoms with Gasteiger partial charge in [-0.05, 0) is 55.9 Å². The number of halogens is 2. The fraction of sp³-hybridized carbons (Fsp3) is 0.500. The number of rotatable bonds is 3. The van der Waals surface area contributed by atoms with Gasteiger partial charge in [-0.3, -0.25) is 0 Å². The van der Waals surface area contributed by atoms with Gasteiger partial charge in [0.15, 0.2) is 0 Å². The van der Waals surface area contributed by atoms with E-state index in [0.29, 0.717) is 30.0 Å². The van der Waals surface area contributed by atoms with E-state index in [-0.39, 0.29) is 5.82 Å². The van der Waals surface area contributed by atoms with E-state index in [1.165, 1.54) is 24.3 Å². The predicted octanol–water partition coefficient (Wildman–Crippen LogP) is 4.30. The molecule has 1 aliphatic carbocycles. The summed E-state index contributed by atoms with van der Waals surface area (Å²) in [5, 5.41) is 0. The lowest BCUT2D eigenvalue weighted by Crippen LogP contribution is -2.35. The molecule has 0 aromatic heterocycles. The van der Waals surface area contributed by atoms with Gasteiger partial charge in [0, 0.05) is 19.5 Å². The fourth-order valence-electron chi connectivity index (χ4n) is 2.82. The quantitative estimate of drug-likeness (QED) is 0.607. The van der Waals surface area contributed by atoms with Crippen LogP contribution < -0.4 is 4.74 Å². The molecule has 23 heavy (non-hydrogen) atoms. The average molecular weight is 338 g/mol. The number of nitrogens with zero attached hydrogens (tertiary/aromatic N) is 1. The summed E-state index contributed by atoms with van der Waals surface area (Å²) in [6.07, 6.45) is 3.79. The first kappa shape index (κ1) is 17.6. The van der Waals surface area contributed by atoms with Gasteiger partial charge in [-0.1, -0.05) is 11.8 Å². The van der Waals surface area contributed by atoms with Crippen molar-refractivity contribution < 1.29 is 13.9 Å². The van der Waals surface area contributed by atoms with Gasteiger partial charge >= 0.3 is 6.09 Å².